The van der Waals surface area contributed by atoms with Gasteiger partial charge in [0, 0.05) is 24.1 Å². The van der Waals surface area contributed by atoms with Crippen molar-refractivity contribution >= 4 is 29.1 Å². The highest BCUT2D eigenvalue weighted by Gasteiger charge is 2.13. The molecule has 1 heterocycles. The third-order valence-electron chi connectivity index (χ3n) is 3.63. The Morgan fingerprint density at radius 2 is 1.79 bits per heavy atom. The van der Waals surface area contributed by atoms with Gasteiger partial charge in [-0.05, 0) is 29.8 Å². The second-order valence-corrected chi connectivity index (χ2v) is 6.72. The predicted octanol–water partition coefficient (Wildman–Crippen LogP) is 4.03. The molecular weight excluding hydrogens is 342 g/mol. The summed E-state index contributed by atoms with van der Waals surface area (Å²) < 4.78 is 1.94. The molecule has 0 aliphatic heterocycles. The van der Waals surface area contributed by atoms with Crippen molar-refractivity contribution in [3.63, 3.8) is 0 Å². The molecule has 0 aliphatic carbocycles. The van der Waals surface area contributed by atoms with Crippen molar-refractivity contribution in [3.8, 4) is 0 Å². The lowest BCUT2D eigenvalue weighted by molar-refractivity contribution is 0.102. The number of nitrogens with zero attached hydrogens (tertiary/aromatic N) is 3. The van der Waals surface area contributed by atoms with E-state index in [1.165, 1.54) is 17.3 Å². The van der Waals surface area contributed by atoms with E-state index in [4.69, 9.17) is 11.6 Å². The molecular formula is C18H16ClN3OS. The number of halogens is 1. The molecule has 0 fully saturated rings. The van der Waals surface area contributed by atoms with Crippen LogP contribution in [-0.4, -0.2) is 26.3 Å². The van der Waals surface area contributed by atoms with Gasteiger partial charge < -0.3 is 4.57 Å². The molecule has 0 saturated carbocycles. The van der Waals surface area contributed by atoms with Crippen LogP contribution in [0.2, 0.25) is 5.02 Å². The lowest BCUT2D eigenvalue weighted by atomic mass is 10.1. The first kappa shape index (κ1) is 16.7. The minimum absolute atomic E-state index is 0.0456. The molecule has 2 aromatic carbocycles. The van der Waals surface area contributed by atoms with Gasteiger partial charge in [0.2, 0.25) is 0 Å². The quantitative estimate of drug-likeness (QED) is 0.493. The van der Waals surface area contributed by atoms with E-state index in [1.807, 2.05) is 29.8 Å². The van der Waals surface area contributed by atoms with Gasteiger partial charge in [-0.15, -0.1) is 10.2 Å². The molecule has 0 unspecified atom stereocenters. The van der Waals surface area contributed by atoms with Crippen molar-refractivity contribution < 1.29 is 4.79 Å². The molecule has 3 rings (SSSR count). The van der Waals surface area contributed by atoms with Crippen molar-refractivity contribution in [1.29, 1.82) is 0 Å². The molecule has 1 aromatic heterocycles. The Hall–Kier alpha value is -2.11. The molecule has 0 aliphatic rings. The third-order valence-corrected chi connectivity index (χ3v) is 4.90. The summed E-state index contributed by atoms with van der Waals surface area (Å²) in [7, 11) is 1.92. The van der Waals surface area contributed by atoms with Crippen LogP contribution in [-0.2, 0) is 13.5 Å². The summed E-state index contributed by atoms with van der Waals surface area (Å²) in [5, 5.41) is 9.79. The third kappa shape index (κ3) is 4.04. The standard InChI is InChI=1S/C18H16ClN3OS/c1-22-17(11-13-5-3-2-4-6-13)20-21-18(22)24-12-16(23)14-7-9-15(19)10-8-14/h2-10H,11-12H2,1H3. The van der Waals surface area contributed by atoms with E-state index in [1.54, 1.807) is 24.3 Å². The van der Waals surface area contributed by atoms with E-state index in [0.29, 0.717) is 16.3 Å². The van der Waals surface area contributed by atoms with Crippen molar-refractivity contribution in [2.24, 2.45) is 7.05 Å². The van der Waals surface area contributed by atoms with E-state index in [2.05, 4.69) is 22.3 Å². The van der Waals surface area contributed by atoms with Crippen LogP contribution >= 0.6 is 23.4 Å². The number of Topliss-reactive ketones (excluding diaryl/α,β-unsaturated/α-hetero) is 1. The molecule has 0 radical (unpaired) electrons. The van der Waals surface area contributed by atoms with Crippen molar-refractivity contribution in [2.45, 2.75) is 11.6 Å². The van der Waals surface area contributed by atoms with Gasteiger partial charge in [0.05, 0.1) is 5.75 Å². The second kappa shape index (κ2) is 7.64. The van der Waals surface area contributed by atoms with Crippen molar-refractivity contribution in [2.75, 3.05) is 5.75 Å². The summed E-state index contributed by atoms with van der Waals surface area (Å²) in [5.41, 5.74) is 1.83. The average molecular weight is 358 g/mol. The average Bonchev–Trinajstić information content (AvgIpc) is 2.94. The number of benzene rings is 2. The molecule has 0 N–H and O–H groups in total. The Morgan fingerprint density at radius 3 is 2.50 bits per heavy atom. The zero-order valence-electron chi connectivity index (χ0n) is 13.1. The summed E-state index contributed by atoms with van der Waals surface area (Å²) in [6.07, 6.45) is 0.718. The minimum Gasteiger partial charge on any atom is -0.309 e. The van der Waals surface area contributed by atoms with E-state index in [9.17, 15) is 4.79 Å². The lowest BCUT2D eigenvalue weighted by Gasteiger charge is -2.04. The first-order valence-electron chi connectivity index (χ1n) is 7.47. The second-order valence-electron chi connectivity index (χ2n) is 5.34. The Balaban J connectivity index is 1.64. The summed E-state index contributed by atoms with van der Waals surface area (Å²) in [6.45, 7) is 0. The fourth-order valence-corrected chi connectivity index (χ4v) is 3.20. The van der Waals surface area contributed by atoms with Gasteiger partial charge >= 0.3 is 0 Å². The summed E-state index contributed by atoms with van der Waals surface area (Å²) >= 11 is 7.23. The van der Waals surface area contributed by atoms with Gasteiger partial charge in [0.1, 0.15) is 5.82 Å². The first-order valence-corrected chi connectivity index (χ1v) is 8.83. The van der Waals surface area contributed by atoms with Crippen LogP contribution in [0.4, 0.5) is 0 Å². The van der Waals surface area contributed by atoms with Gasteiger partial charge in [-0.25, -0.2) is 0 Å². The number of hydrogen-bond donors (Lipinski definition) is 0. The molecule has 0 amide bonds. The Morgan fingerprint density at radius 1 is 1.08 bits per heavy atom. The molecule has 4 nitrogen and oxygen atoms in total. The summed E-state index contributed by atoms with van der Waals surface area (Å²) in [6, 6.07) is 17.0. The highest BCUT2D eigenvalue weighted by molar-refractivity contribution is 7.99. The zero-order valence-corrected chi connectivity index (χ0v) is 14.7. The summed E-state index contributed by atoms with van der Waals surface area (Å²) in [5.74, 6) is 1.24. The van der Waals surface area contributed by atoms with Crippen LogP contribution in [0.25, 0.3) is 0 Å². The number of carbonyl (C=O) groups excluding carboxylic acids is 1. The number of thioether (sulfide) groups is 1. The molecule has 6 heteroatoms. The largest absolute Gasteiger partial charge is 0.309 e. The van der Waals surface area contributed by atoms with Gasteiger partial charge in [-0.2, -0.15) is 0 Å². The number of rotatable bonds is 6. The maximum Gasteiger partial charge on any atom is 0.191 e. The number of ketones is 1. The van der Waals surface area contributed by atoms with Crippen LogP contribution in [0.3, 0.4) is 0 Å². The molecule has 3 aromatic rings. The van der Waals surface area contributed by atoms with Crippen LogP contribution < -0.4 is 0 Å². The fourth-order valence-electron chi connectivity index (χ4n) is 2.25. The van der Waals surface area contributed by atoms with E-state index in [-0.39, 0.29) is 5.78 Å². The SMILES string of the molecule is Cn1c(Cc2ccccc2)nnc1SCC(=O)c1ccc(Cl)cc1. The highest BCUT2D eigenvalue weighted by Crippen LogP contribution is 2.19. The monoisotopic (exact) mass is 357 g/mol. The topological polar surface area (TPSA) is 47.8 Å². The summed E-state index contributed by atoms with van der Waals surface area (Å²) in [4.78, 5) is 12.2. The molecule has 0 spiro atoms. The van der Waals surface area contributed by atoms with Gasteiger partial charge in [0.15, 0.2) is 10.9 Å². The lowest BCUT2D eigenvalue weighted by Crippen LogP contribution is -2.04. The van der Waals surface area contributed by atoms with Gasteiger partial charge in [-0.1, -0.05) is 53.7 Å². The number of hydrogen-bond acceptors (Lipinski definition) is 4. The van der Waals surface area contributed by atoms with Crippen LogP contribution in [0.1, 0.15) is 21.7 Å². The molecule has 122 valence electrons. The molecule has 0 saturated heterocycles. The predicted molar refractivity (Wildman–Crippen MR) is 96.8 cm³/mol. The van der Waals surface area contributed by atoms with Gasteiger partial charge in [0.25, 0.3) is 0 Å². The Bertz CT molecular complexity index is 831. The molecule has 0 bridgehead atoms. The minimum atomic E-state index is 0.0456. The molecule has 24 heavy (non-hydrogen) atoms. The van der Waals surface area contributed by atoms with Crippen LogP contribution in [0, 0.1) is 0 Å². The Labute approximate surface area is 149 Å². The zero-order chi connectivity index (χ0) is 16.9. The maximum atomic E-state index is 12.2. The van der Waals surface area contributed by atoms with Crippen molar-refractivity contribution in [1.82, 2.24) is 14.8 Å². The highest BCUT2D eigenvalue weighted by atomic mass is 35.5. The smallest absolute Gasteiger partial charge is 0.191 e. The van der Waals surface area contributed by atoms with E-state index >= 15 is 0 Å². The maximum absolute atomic E-state index is 12.2. The Kier molecular flexibility index (Phi) is 5.33. The van der Waals surface area contributed by atoms with Crippen LogP contribution in [0.5, 0.6) is 0 Å². The number of aromatic nitrogens is 3. The normalized spacial score (nSPS) is 10.8. The van der Waals surface area contributed by atoms with E-state index in [0.717, 1.165) is 17.4 Å². The van der Waals surface area contributed by atoms with Gasteiger partial charge in [-0.3, -0.25) is 4.79 Å². The molecule has 0 atom stereocenters. The van der Waals surface area contributed by atoms with Crippen LogP contribution in [0.15, 0.2) is 59.8 Å². The van der Waals surface area contributed by atoms with Crippen molar-refractivity contribution in [3.05, 3.63) is 76.6 Å². The fraction of sp³-hybridized carbons (Fsp3) is 0.167. The first-order chi connectivity index (χ1) is 11.6. The van der Waals surface area contributed by atoms with E-state index < -0.39 is 0 Å². The number of carbonyl (C=O) groups is 1.